The Morgan fingerprint density at radius 1 is 1.21 bits per heavy atom. The Balaban J connectivity index is 1.55. The molecular formula is C20H16F3N3O3. The number of hydrogen-bond acceptors (Lipinski definition) is 4. The van der Waals surface area contributed by atoms with Crippen molar-refractivity contribution in [2.75, 3.05) is 0 Å². The first-order chi connectivity index (χ1) is 13.8. The molecule has 1 amide bonds. The molecule has 29 heavy (non-hydrogen) atoms. The van der Waals surface area contributed by atoms with E-state index in [1.807, 2.05) is 0 Å². The predicted molar refractivity (Wildman–Crippen MR) is 98.6 cm³/mol. The van der Waals surface area contributed by atoms with Gasteiger partial charge in [0.2, 0.25) is 0 Å². The number of fused-ring (bicyclic) bond motifs is 2. The summed E-state index contributed by atoms with van der Waals surface area (Å²) >= 11 is 0. The number of benzene rings is 2. The normalized spacial score (nSPS) is 13.3. The minimum atomic E-state index is -4.82. The number of nitrogens with one attached hydrogen (secondary N) is 1. The van der Waals surface area contributed by atoms with Crippen molar-refractivity contribution in [3.05, 3.63) is 69.8 Å². The number of aryl methyl sites for hydroxylation is 1. The average Bonchev–Trinajstić information content (AvgIpc) is 3.14. The van der Waals surface area contributed by atoms with Crippen molar-refractivity contribution in [3.8, 4) is 5.75 Å². The Kier molecular flexibility index (Phi) is 4.73. The summed E-state index contributed by atoms with van der Waals surface area (Å²) in [7, 11) is 0. The fourth-order valence-corrected chi connectivity index (χ4v) is 3.38. The number of ether oxygens (including phenoxy) is 1. The summed E-state index contributed by atoms with van der Waals surface area (Å²) in [6.45, 7) is 0.488. The third-order valence-electron chi connectivity index (χ3n) is 4.72. The second kappa shape index (κ2) is 7.23. The molecule has 0 bridgehead atoms. The number of aromatic nitrogens is 2. The summed E-state index contributed by atoms with van der Waals surface area (Å²) in [4.78, 5) is 29.4. The monoisotopic (exact) mass is 403 g/mol. The number of halogens is 3. The molecule has 0 fully saturated rings. The van der Waals surface area contributed by atoms with E-state index in [2.05, 4.69) is 15.0 Å². The number of nitrogens with zero attached hydrogens (tertiary/aromatic N) is 2. The second-order valence-corrected chi connectivity index (χ2v) is 6.66. The average molecular weight is 403 g/mol. The van der Waals surface area contributed by atoms with Crippen LogP contribution in [0.15, 0.2) is 47.3 Å². The topological polar surface area (TPSA) is 73.2 Å². The summed E-state index contributed by atoms with van der Waals surface area (Å²) in [5.41, 5.74) is 0.749. The zero-order valence-electron chi connectivity index (χ0n) is 15.1. The maximum Gasteiger partial charge on any atom is 0.573 e. The Bertz CT molecular complexity index is 1160. The molecule has 0 saturated carbocycles. The van der Waals surface area contributed by atoms with Crippen molar-refractivity contribution in [3.63, 3.8) is 0 Å². The highest BCUT2D eigenvalue weighted by Gasteiger charge is 2.32. The summed E-state index contributed by atoms with van der Waals surface area (Å²) < 4.78 is 43.2. The van der Waals surface area contributed by atoms with E-state index in [0.717, 1.165) is 6.42 Å². The van der Waals surface area contributed by atoms with E-state index in [0.29, 0.717) is 29.7 Å². The van der Waals surface area contributed by atoms with Crippen LogP contribution in [-0.2, 0) is 19.5 Å². The molecule has 1 aromatic heterocycles. The molecular weight excluding hydrogens is 387 g/mol. The van der Waals surface area contributed by atoms with E-state index in [4.69, 9.17) is 0 Å². The number of carbonyl (C=O) groups excluding carboxylic acids is 1. The summed E-state index contributed by atoms with van der Waals surface area (Å²) in [5.74, 6) is -0.168. The van der Waals surface area contributed by atoms with Crippen LogP contribution in [0.4, 0.5) is 13.2 Å². The van der Waals surface area contributed by atoms with Gasteiger partial charge in [0, 0.05) is 30.6 Å². The van der Waals surface area contributed by atoms with Gasteiger partial charge in [-0.3, -0.25) is 14.2 Å². The zero-order chi connectivity index (χ0) is 20.6. The Labute approximate surface area is 162 Å². The van der Waals surface area contributed by atoms with Crippen LogP contribution in [0.5, 0.6) is 5.75 Å². The van der Waals surface area contributed by atoms with Gasteiger partial charge in [0.1, 0.15) is 11.6 Å². The van der Waals surface area contributed by atoms with E-state index in [1.54, 1.807) is 16.7 Å². The lowest BCUT2D eigenvalue weighted by molar-refractivity contribution is -0.274. The molecule has 9 heteroatoms. The van der Waals surface area contributed by atoms with Crippen molar-refractivity contribution >= 4 is 16.8 Å². The summed E-state index contributed by atoms with van der Waals surface area (Å²) in [6, 6.07) is 10.2. The van der Waals surface area contributed by atoms with Gasteiger partial charge in [-0.1, -0.05) is 18.2 Å². The molecule has 4 rings (SSSR count). The first kappa shape index (κ1) is 19.0. The van der Waals surface area contributed by atoms with Gasteiger partial charge in [0.15, 0.2) is 0 Å². The van der Waals surface area contributed by atoms with Crippen LogP contribution in [-0.4, -0.2) is 21.8 Å². The van der Waals surface area contributed by atoms with E-state index in [1.165, 1.54) is 30.3 Å². The molecule has 0 radical (unpaired) electrons. The van der Waals surface area contributed by atoms with Crippen LogP contribution >= 0.6 is 0 Å². The molecule has 1 aliphatic rings. The van der Waals surface area contributed by atoms with Gasteiger partial charge in [0.25, 0.3) is 11.5 Å². The minimum absolute atomic E-state index is 0.132. The van der Waals surface area contributed by atoms with Crippen LogP contribution in [0.1, 0.15) is 28.2 Å². The van der Waals surface area contributed by atoms with E-state index >= 15 is 0 Å². The molecule has 0 spiro atoms. The lowest BCUT2D eigenvalue weighted by Gasteiger charge is -2.13. The molecule has 150 valence electrons. The SMILES string of the molecule is O=C(NCc1ccccc1OC(F)(F)F)c1ccc2c(=O)n3c(nc2c1)CCC3. The van der Waals surface area contributed by atoms with Gasteiger partial charge in [0.05, 0.1) is 10.9 Å². The summed E-state index contributed by atoms with van der Waals surface area (Å²) in [6.07, 6.45) is -3.26. The number of alkyl halides is 3. The van der Waals surface area contributed by atoms with Crippen LogP contribution < -0.4 is 15.6 Å². The second-order valence-electron chi connectivity index (χ2n) is 6.66. The van der Waals surface area contributed by atoms with Crippen LogP contribution in [0, 0.1) is 0 Å². The van der Waals surface area contributed by atoms with Gasteiger partial charge in [-0.25, -0.2) is 4.98 Å². The van der Waals surface area contributed by atoms with Crippen molar-refractivity contribution in [1.29, 1.82) is 0 Å². The molecule has 3 aromatic rings. The minimum Gasteiger partial charge on any atom is -0.405 e. The molecule has 0 atom stereocenters. The summed E-state index contributed by atoms with van der Waals surface area (Å²) in [5, 5.41) is 3.00. The first-order valence-electron chi connectivity index (χ1n) is 8.97. The number of rotatable bonds is 4. The van der Waals surface area contributed by atoms with Crippen molar-refractivity contribution in [2.45, 2.75) is 32.3 Å². The van der Waals surface area contributed by atoms with Crippen molar-refractivity contribution in [2.24, 2.45) is 0 Å². The first-order valence-corrected chi connectivity index (χ1v) is 8.97. The fraction of sp³-hybridized carbons (Fsp3) is 0.250. The van der Waals surface area contributed by atoms with Gasteiger partial charge >= 0.3 is 6.36 Å². The van der Waals surface area contributed by atoms with Crippen LogP contribution in [0.25, 0.3) is 10.9 Å². The van der Waals surface area contributed by atoms with Crippen LogP contribution in [0.3, 0.4) is 0 Å². The standard InChI is InChI=1S/C20H16F3N3O3/c21-20(22,23)29-16-5-2-1-4-13(16)11-24-18(27)12-7-8-14-15(10-12)25-17-6-3-9-26(17)19(14)28/h1-2,4-5,7-8,10H,3,6,9,11H2,(H,24,27). The number of hydrogen-bond donors (Lipinski definition) is 1. The molecule has 0 saturated heterocycles. The molecule has 1 N–H and O–H groups in total. The number of para-hydroxylation sites is 1. The Morgan fingerprint density at radius 3 is 2.79 bits per heavy atom. The lowest BCUT2D eigenvalue weighted by Crippen LogP contribution is -2.25. The molecule has 1 aliphatic heterocycles. The van der Waals surface area contributed by atoms with Gasteiger partial charge in [-0.15, -0.1) is 13.2 Å². The highest BCUT2D eigenvalue weighted by atomic mass is 19.4. The van der Waals surface area contributed by atoms with Gasteiger partial charge < -0.3 is 10.1 Å². The zero-order valence-corrected chi connectivity index (χ0v) is 15.1. The van der Waals surface area contributed by atoms with E-state index in [-0.39, 0.29) is 29.0 Å². The molecule has 0 aliphatic carbocycles. The highest BCUT2D eigenvalue weighted by Crippen LogP contribution is 2.26. The maximum atomic E-state index is 12.5. The smallest absolute Gasteiger partial charge is 0.405 e. The largest absolute Gasteiger partial charge is 0.573 e. The van der Waals surface area contributed by atoms with Crippen LogP contribution in [0.2, 0.25) is 0 Å². The maximum absolute atomic E-state index is 12.5. The molecule has 6 nitrogen and oxygen atoms in total. The Hall–Kier alpha value is -3.36. The van der Waals surface area contributed by atoms with E-state index < -0.39 is 12.3 Å². The van der Waals surface area contributed by atoms with Gasteiger partial charge in [-0.05, 0) is 30.7 Å². The third kappa shape index (κ3) is 3.94. The Morgan fingerprint density at radius 2 is 2.00 bits per heavy atom. The quantitative estimate of drug-likeness (QED) is 0.726. The van der Waals surface area contributed by atoms with Crippen molar-refractivity contribution in [1.82, 2.24) is 14.9 Å². The van der Waals surface area contributed by atoms with Gasteiger partial charge in [-0.2, -0.15) is 0 Å². The lowest BCUT2D eigenvalue weighted by atomic mass is 10.1. The third-order valence-corrected chi connectivity index (χ3v) is 4.72. The molecule has 2 aromatic carbocycles. The van der Waals surface area contributed by atoms with Crippen molar-refractivity contribution < 1.29 is 22.7 Å². The van der Waals surface area contributed by atoms with E-state index in [9.17, 15) is 22.8 Å². The predicted octanol–water partition coefficient (Wildman–Crippen LogP) is 3.17. The number of carbonyl (C=O) groups is 1. The fourth-order valence-electron chi connectivity index (χ4n) is 3.38. The number of amides is 1. The highest BCUT2D eigenvalue weighted by molar-refractivity contribution is 5.97. The molecule has 0 unspecified atom stereocenters. The molecule has 2 heterocycles.